The Bertz CT molecular complexity index is 667. The Morgan fingerprint density at radius 2 is 2.00 bits per heavy atom. The topological polar surface area (TPSA) is 50.2 Å². The third kappa shape index (κ3) is 3.67. The van der Waals surface area contributed by atoms with Gasteiger partial charge in [-0.2, -0.15) is 11.8 Å². The minimum absolute atomic E-state index is 0.109. The Morgan fingerprint density at radius 3 is 2.61 bits per heavy atom. The van der Waals surface area contributed by atoms with Crippen LogP contribution in [0.1, 0.15) is 17.4 Å². The van der Waals surface area contributed by atoms with E-state index in [0.717, 1.165) is 36.0 Å². The van der Waals surface area contributed by atoms with Crippen LogP contribution in [0.15, 0.2) is 36.7 Å². The number of thioether (sulfide) groups is 1. The van der Waals surface area contributed by atoms with Crippen molar-refractivity contribution in [2.45, 2.75) is 6.04 Å². The number of rotatable bonds is 3. The van der Waals surface area contributed by atoms with E-state index >= 15 is 0 Å². The molecule has 1 unspecified atom stereocenters. The number of carbonyl (C=O) groups is 1. The molecule has 1 atom stereocenters. The van der Waals surface area contributed by atoms with Gasteiger partial charge in [0.1, 0.15) is 17.7 Å². The van der Waals surface area contributed by atoms with Crippen molar-refractivity contribution in [2.24, 2.45) is 7.05 Å². The summed E-state index contributed by atoms with van der Waals surface area (Å²) in [4.78, 5) is 18.7. The number of aromatic nitrogens is 2. The number of imidazole rings is 1. The maximum Gasteiger partial charge on any atom is 0.318 e. The monoisotopic (exact) mass is 334 g/mol. The first-order valence-corrected chi connectivity index (χ1v) is 8.66. The van der Waals surface area contributed by atoms with Crippen LogP contribution in [0.25, 0.3) is 0 Å². The molecule has 3 rings (SSSR count). The highest BCUT2D eigenvalue weighted by Crippen LogP contribution is 2.21. The summed E-state index contributed by atoms with van der Waals surface area (Å²) in [6.07, 6.45) is 3.52. The molecule has 2 amide bonds. The number of nitrogens with zero attached hydrogens (tertiary/aromatic N) is 3. The number of hydrogen-bond acceptors (Lipinski definition) is 3. The highest BCUT2D eigenvalue weighted by molar-refractivity contribution is 7.99. The van der Waals surface area contributed by atoms with Gasteiger partial charge >= 0.3 is 6.03 Å². The van der Waals surface area contributed by atoms with Gasteiger partial charge in [-0.3, -0.25) is 0 Å². The molecule has 1 aliphatic heterocycles. The molecule has 5 nitrogen and oxygen atoms in total. The number of urea groups is 1. The first kappa shape index (κ1) is 15.9. The fraction of sp³-hybridized carbons (Fsp3) is 0.375. The minimum atomic E-state index is -0.405. The van der Waals surface area contributed by atoms with Crippen LogP contribution >= 0.6 is 11.8 Å². The van der Waals surface area contributed by atoms with Crippen molar-refractivity contribution in [3.05, 3.63) is 53.9 Å². The number of nitrogens with one attached hydrogen (secondary N) is 1. The van der Waals surface area contributed by atoms with Gasteiger partial charge in [-0.15, -0.1) is 0 Å². The molecular weight excluding hydrogens is 315 g/mol. The molecule has 1 aromatic carbocycles. The maximum atomic E-state index is 13.2. The van der Waals surface area contributed by atoms with Gasteiger partial charge in [-0.1, -0.05) is 12.1 Å². The van der Waals surface area contributed by atoms with Crippen molar-refractivity contribution in [1.82, 2.24) is 19.8 Å². The highest BCUT2D eigenvalue weighted by atomic mass is 32.2. The minimum Gasteiger partial charge on any atom is -0.336 e. The van der Waals surface area contributed by atoms with E-state index in [1.165, 1.54) is 12.1 Å². The summed E-state index contributed by atoms with van der Waals surface area (Å²) < 4.78 is 15.1. The molecule has 1 aromatic heterocycles. The average Bonchev–Trinajstić information content (AvgIpc) is 3.00. The summed E-state index contributed by atoms with van der Waals surface area (Å²) in [6.45, 7) is 1.49. The normalized spacial score (nSPS) is 16.2. The Hall–Kier alpha value is -2.02. The molecule has 23 heavy (non-hydrogen) atoms. The molecule has 1 N–H and O–H groups in total. The van der Waals surface area contributed by atoms with Gasteiger partial charge in [-0.25, -0.2) is 14.2 Å². The zero-order chi connectivity index (χ0) is 16.2. The predicted molar refractivity (Wildman–Crippen MR) is 88.9 cm³/mol. The third-order valence-corrected chi connectivity index (χ3v) is 4.83. The summed E-state index contributed by atoms with van der Waals surface area (Å²) in [6, 6.07) is 5.65. The summed E-state index contributed by atoms with van der Waals surface area (Å²) in [5, 5.41) is 3.04. The van der Waals surface area contributed by atoms with Gasteiger partial charge in [0.25, 0.3) is 0 Å². The third-order valence-electron chi connectivity index (χ3n) is 3.89. The second kappa shape index (κ2) is 7.04. The second-order valence-electron chi connectivity index (χ2n) is 5.43. The highest BCUT2D eigenvalue weighted by Gasteiger charge is 2.24. The van der Waals surface area contributed by atoms with Crippen molar-refractivity contribution >= 4 is 17.8 Å². The van der Waals surface area contributed by atoms with Crippen molar-refractivity contribution in [3.8, 4) is 0 Å². The van der Waals surface area contributed by atoms with E-state index in [-0.39, 0.29) is 11.8 Å². The number of hydrogen-bond donors (Lipinski definition) is 1. The van der Waals surface area contributed by atoms with Crippen molar-refractivity contribution in [1.29, 1.82) is 0 Å². The van der Waals surface area contributed by atoms with Crippen molar-refractivity contribution in [3.63, 3.8) is 0 Å². The van der Waals surface area contributed by atoms with Gasteiger partial charge in [0, 0.05) is 44.0 Å². The predicted octanol–water partition coefficient (Wildman–Crippen LogP) is 2.41. The first-order chi connectivity index (χ1) is 11.1. The zero-order valence-electron chi connectivity index (χ0n) is 12.9. The molecular formula is C16H19FN4OS. The van der Waals surface area contributed by atoms with Gasteiger partial charge in [0.15, 0.2) is 0 Å². The summed E-state index contributed by atoms with van der Waals surface area (Å²) in [5.74, 6) is 2.33. The fourth-order valence-corrected chi connectivity index (χ4v) is 3.49. The number of carbonyl (C=O) groups excluding carboxylic acids is 1. The smallest absolute Gasteiger partial charge is 0.318 e. The quantitative estimate of drug-likeness (QED) is 0.938. The lowest BCUT2D eigenvalue weighted by Gasteiger charge is -2.29. The van der Waals surface area contributed by atoms with E-state index < -0.39 is 6.04 Å². The molecule has 0 radical (unpaired) electrons. The van der Waals surface area contributed by atoms with Gasteiger partial charge < -0.3 is 14.8 Å². The van der Waals surface area contributed by atoms with E-state index in [0.29, 0.717) is 0 Å². The molecule has 1 fully saturated rings. The average molecular weight is 334 g/mol. The van der Waals surface area contributed by atoms with Crippen molar-refractivity contribution in [2.75, 3.05) is 24.6 Å². The molecule has 0 aliphatic carbocycles. The lowest BCUT2D eigenvalue weighted by Crippen LogP contribution is -2.46. The van der Waals surface area contributed by atoms with E-state index in [2.05, 4.69) is 10.3 Å². The van der Waals surface area contributed by atoms with Crippen LogP contribution in [0.3, 0.4) is 0 Å². The number of amides is 2. The van der Waals surface area contributed by atoms with E-state index in [9.17, 15) is 9.18 Å². The van der Waals surface area contributed by atoms with Gasteiger partial charge in [0.2, 0.25) is 0 Å². The standard InChI is InChI=1S/C16H19FN4OS/c1-20-7-6-18-15(20)14(12-2-4-13(17)5-3-12)19-16(22)21-8-10-23-11-9-21/h2-7,14H,8-11H2,1H3,(H,19,22). The van der Waals surface area contributed by atoms with Crippen LogP contribution in [-0.2, 0) is 7.05 Å². The van der Waals surface area contributed by atoms with Crippen molar-refractivity contribution < 1.29 is 9.18 Å². The Morgan fingerprint density at radius 1 is 1.30 bits per heavy atom. The molecule has 7 heteroatoms. The van der Waals surface area contributed by atoms with E-state index in [4.69, 9.17) is 0 Å². The Balaban J connectivity index is 1.84. The zero-order valence-corrected chi connectivity index (χ0v) is 13.7. The summed E-state index contributed by atoms with van der Waals surface area (Å²) >= 11 is 1.85. The molecule has 2 aromatic rings. The van der Waals surface area contributed by atoms with Crippen LogP contribution in [0.2, 0.25) is 0 Å². The largest absolute Gasteiger partial charge is 0.336 e. The SMILES string of the molecule is Cn1ccnc1C(NC(=O)N1CCSCC1)c1ccc(F)cc1. The number of halogens is 1. The molecule has 1 aliphatic rings. The second-order valence-corrected chi connectivity index (χ2v) is 6.65. The van der Waals surface area contributed by atoms with Crippen LogP contribution < -0.4 is 5.32 Å². The Labute approximate surface area is 138 Å². The summed E-state index contributed by atoms with van der Waals surface area (Å²) in [7, 11) is 1.88. The summed E-state index contributed by atoms with van der Waals surface area (Å²) in [5.41, 5.74) is 0.806. The molecule has 2 heterocycles. The fourth-order valence-electron chi connectivity index (χ4n) is 2.59. The molecule has 0 spiro atoms. The molecule has 0 saturated carbocycles. The Kier molecular flexibility index (Phi) is 4.85. The van der Waals surface area contributed by atoms with E-state index in [1.807, 2.05) is 34.5 Å². The van der Waals surface area contributed by atoms with Crippen LogP contribution in [0.4, 0.5) is 9.18 Å². The van der Waals surface area contributed by atoms with Crippen LogP contribution in [0.5, 0.6) is 0 Å². The number of aryl methyl sites for hydroxylation is 1. The lowest BCUT2D eigenvalue weighted by molar-refractivity contribution is 0.200. The number of benzene rings is 1. The van der Waals surface area contributed by atoms with Crippen LogP contribution in [0, 0.1) is 5.82 Å². The lowest BCUT2D eigenvalue weighted by atomic mass is 10.1. The molecule has 122 valence electrons. The van der Waals surface area contributed by atoms with Gasteiger partial charge in [-0.05, 0) is 17.7 Å². The molecule has 1 saturated heterocycles. The van der Waals surface area contributed by atoms with E-state index in [1.54, 1.807) is 18.3 Å². The maximum absolute atomic E-state index is 13.2. The van der Waals surface area contributed by atoms with Crippen LogP contribution in [-0.4, -0.2) is 45.1 Å². The van der Waals surface area contributed by atoms with Gasteiger partial charge in [0.05, 0.1) is 0 Å². The first-order valence-electron chi connectivity index (χ1n) is 7.51. The molecule has 0 bridgehead atoms.